The van der Waals surface area contributed by atoms with Crippen molar-refractivity contribution in [2.75, 3.05) is 0 Å². The summed E-state index contributed by atoms with van der Waals surface area (Å²) in [4.78, 5) is 27.3. The fraction of sp³-hybridized carbons (Fsp3) is 0.0833. The van der Waals surface area contributed by atoms with Crippen molar-refractivity contribution in [2.45, 2.75) is 13.5 Å². The Labute approximate surface area is 225 Å². The van der Waals surface area contributed by atoms with E-state index >= 15 is 0 Å². The molecule has 34 heavy (non-hydrogen) atoms. The SMILES string of the molecule is Cc1cc(C2=N/C(=C\c3cc(Br)c(OCc4ccccc4I)c(Br)c3)C(=O)O2)ccc1[N+](=O)[O-]. The minimum absolute atomic E-state index is 0.0107. The normalized spacial score (nSPS) is 14.2. The first-order valence-corrected chi connectivity index (χ1v) is 12.5. The summed E-state index contributed by atoms with van der Waals surface area (Å²) in [5, 5.41) is 11.0. The minimum atomic E-state index is -0.600. The number of nitro benzene ring substituents is 1. The summed E-state index contributed by atoms with van der Waals surface area (Å²) in [6, 6.07) is 16.1. The highest BCUT2D eigenvalue weighted by Gasteiger charge is 2.25. The van der Waals surface area contributed by atoms with Gasteiger partial charge in [-0.1, -0.05) is 18.2 Å². The van der Waals surface area contributed by atoms with E-state index in [1.165, 1.54) is 12.1 Å². The first-order valence-electron chi connectivity index (χ1n) is 9.86. The molecule has 0 N–H and O–H groups in total. The van der Waals surface area contributed by atoms with Crippen molar-refractivity contribution in [3.05, 3.63) is 105 Å². The Hall–Kier alpha value is -2.57. The first-order chi connectivity index (χ1) is 16.2. The standard InChI is InChI=1S/C24H15Br2IN2O5/c1-13-8-15(6-7-21(13)29(31)32)23-28-20(24(30)34-23)11-14-9-17(25)22(18(26)10-14)33-12-16-4-2-3-5-19(16)27/h2-11H,12H2,1H3/b20-11-. The first kappa shape index (κ1) is 24.6. The summed E-state index contributed by atoms with van der Waals surface area (Å²) in [7, 11) is 0. The van der Waals surface area contributed by atoms with Crippen LogP contribution in [-0.4, -0.2) is 16.8 Å². The molecule has 1 heterocycles. The quantitative estimate of drug-likeness (QED) is 0.0914. The molecule has 0 aliphatic carbocycles. The second-order valence-electron chi connectivity index (χ2n) is 7.29. The predicted molar refractivity (Wildman–Crippen MR) is 144 cm³/mol. The average Bonchev–Trinajstić information content (AvgIpc) is 3.14. The number of benzene rings is 3. The zero-order valence-electron chi connectivity index (χ0n) is 17.6. The third-order valence-electron chi connectivity index (χ3n) is 4.91. The van der Waals surface area contributed by atoms with Crippen LogP contribution in [0.3, 0.4) is 0 Å². The van der Waals surface area contributed by atoms with E-state index in [2.05, 4.69) is 59.4 Å². The van der Waals surface area contributed by atoms with E-state index in [9.17, 15) is 14.9 Å². The van der Waals surface area contributed by atoms with Crippen molar-refractivity contribution >= 4 is 78.1 Å². The highest BCUT2D eigenvalue weighted by Crippen LogP contribution is 2.36. The number of carbonyl (C=O) groups excluding carboxylic acids is 1. The van der Waals surface area contributed by atoms with Gasteiger partial charge in [-0.15, -0.1) is 0 Å². The third kappa shape index (κ3) is 5.39. The van der Waals surface area contributed by atoms with Crippen LogP contribution in [-0.2, 0) is 16.1 Å². The van der Waals surface area contributed by atoms with Crippen molar-refractivity contribution in [1.82, 2.24) is 0 Å². The zero-order chi connectivity index (χ0) is 24.4. The smallest absolute Gasteiger partial charge is 0.363 e. The van der Waals surface area contributed by atoms with E-state index in [1.54, 1.807) is 19.1 Å². The van der Waals surface area contributed by atoms with Gasteiger partial charge in [-0.3, -0.25) is 10.1 Å². The molecule has 3 aromatic rings. The second-order valence-corrected chi connectivity index (χ2v) is 10.2. The number of hydrogen-bond acceptors (Lipinski definition) is 6. The van der Waals surface area contributed by atoms with Crippen molar-refractivity contribution in [1.29, 1.82) is 0 Å². The molecule has 0 aromatic heterocycles. The molecule has 0 atom stereocenters. The van der Waals surface area contributed by atoms with Gasteiger partial charge in [0.1, 0.15) is 12.4 Å². The number of ether oxygens (including phenoxy) is 2. The zero-order valence-corrected chi connectivity index (χ0v) is 22.9. The Morgan fingerprint density at radius 1 is 1.15 bits per heavy atom. The van der Waals surface area contributed by atoms with E-state index < -0.39 is 10.9 Å². The summed E-state index contributed by atoms with van der Waals surface area (Å²) < 4.78 is 13.8. The van der Waals surface area contributed by atoms with Crippen molar-refractivity contribution < 1.29 is 19.2 Å². The average molecular weight is 698 g/mol. The molecule has 10 heteroatoms. The Bertz CT molecular complexity index is 1360. The number of aliphatic imine (C=N–C) groups is 1. The van der Waals surface area contributed by atoms with Crippen molar-refractivity contribution in [3.63, 3.8) is 0 Å². The third-order valence-corrected chi connectivity index (χ3v) is 7.15. The number of carbonyl (C=O) groups is 1. The predicted octanol–water partition coefficient (Wildman–Crippen LogP) is 6.96. The van der Waals surface area contributed by atoms with Crippen molar-refractivity contribution in [3.8, 4) is 5.75 Å². The lowest BCUT2D eigenvalue weighted by Gasteiger charge is -2.12. The maximum Gasteiger partial charge on any atom is 0.363 e. The van der Waals surface area contributed by atoms with Crippen LogP contribution in [0, 0.1) is 20.6 Å². The molecule has 0 fully saturated rings. The topological polar surface area (TPSA) is 91.0 Å². The van der Waals surface area contributed by atoms with Gasteiger partial charge in [0.15, 0.2) is 5.70 Å². The van der Waals surface area contributed by atoms with Gasteiger partial charge in [0.05, 0.1) is 13.9 Å². The van der Waals surface area contributed by atoms with Gasteiger partial charge in [-0.05, 0) is 103 Å². The molecular weight excluding hydrogens is 683 g/mol. The molecule has 4 rings (SSSR count). The van der Waals surface area contributed by atoms with Gasteiger partial charge in [-0.2, -0.15) is 0 Å². The monoisotopic (exact) mass is 696 g/mol. The van der Waals surface area contributed by atoms with Gasteiger partial charge in [0, 0.05) is 26.3 Å². The summed E-state index contributed by atoms with van der Waals surface area (Å²) in [5.41, 5.74) is 2.83. The van der Waals surface area contributed by atoms with Crippen LogP contribution in [0.25, 0.3) is 6.08 Å². The molecule has 0 amide bonds. The van der Waals surface area contributed by atoms with E-state index in [-0.39, 0.29) is 17.3 Å². The molecule has 172 valence electrons. The minimum Gasteiger partial charge on any atom is -0.486 e. The number of aryl methyl sites for hydroxylation is 1. The highest BCUT2D eigenvalue weighted by molar-refractivity contribution is 14.1. The number of rotatable bonds is 6. The van der Waals surface area contributed by atoms with Gasteiger partial charge in [0.2, 0.25) is 5.90 Å². The van der Waals surface area contributed by atoms with E-state index in [0.717, 1.165) is 9.13 Å². The molecule has 7 nitrogen and oxygen atoms in total. The van der Waals surface area contributed by atoms with Gasteiger partial charge >= 0.3 is 5.97 Å². The Kier molecular flexibility index (Phi) is 7.48. The molecule has 1 aliphatic heterocycles. The lowest BCUT2D eigenvalue weighted by molar-refractivity contribution is -0.385. The molecule has 1 aliphatic rings. The number of nitrogens with zero attached hydrogens (tertiary/aromatic N) is 2. The van der Waals surface area contributed by atoms with E-state index in [4.69, 9.17) is 9.47 Å². The lowest BCUT2D eigenvalue weighted by Crippen LogP contribution is -2.06. The largest absolute Gasteiger partial charge is 0.486 e. The number of halogens is 3. The van der Waals surface area contributed by atoms with Crippen LogP contribution in [0.4, 0.5) is 5.69 Å². The number of cyclic esters (lactones) is 1. The van der Waals surface area contributed by atoms with Crippen LogP contribution < -0.4 is 4.74 Å². The maximum absolute atomic E-state index is 12.4. The number of hydrogen-bond donors (Lipinski definition) is 0. The van der Waals surface area contributed by atoms with Gasteiger partial charge < -0.3 is 9.47 Å². The lowest BCUT2D eigenvalue weighted by atomic mass is 10.1. The number of nitro groups is 1. The molecule has 0 spiro atoms. The van der Waals surface area contributed by atoms with Crippen LogP contribution in [0.5, 0.6) is 5.75 Å². The fourth-order valence-corrected chi connectivity index (χ4v) is 5.24. The van der Waals surface area contributed by atoms with Gasteiger partial charge in [0.25, 0.3) is 5.69 Å². The Balaban J connectivity index is 1.57. The summed E-state index contributed by atoms with van der Waals surface area (Å²) >= 11 is 9.34. The van der Waals surface area contributed by atoms with Crippen molar-refractivity contribution in [2.24, 2.45) is 4.99 Å². The number of esters is 1. The summed E-state index contributed by atoms with van der Waals surface area (Å²) in [6.07, 6.45) is 1.60. The molecule has 0 unspecified atom stereocenters. The maximum atomic E-state index is 12.4. The molecular formula is C24H15Br2IN2O5. The molecule has 0 saturated carbocycles. The molecule has 0 bridgehead atoms. The summed E-state index contributed by atoms with van der Waals surface area (Å²) in [5.74, 6) is 0.142. The van der Waals surface area contributed by atoms with E-state index in [1.807, 2.05) is 36.4 Å². The second kappa shape index (κ2) is 10.4. The van der Waals surface area contributed by atoms with E-state index in [0.29, 0.717) is 38.0 Å². The Morgan fingerprint density at radius 2 is 1.85 bits per heavy atom. The summed E-state index contributed by atoms with van der Waals surface area (Å²) in [6.45, 7) is 2.03. The molecule has 0 radical (unpaired) electrons. The van der Waals surface area contributed by atoms with Crippen LogP contribution in [0.2, 0.25) is 0 Å². The van der Waals surface area contributed by atoms with Crippen LogP contribution in [0.1, 0.15) is 22.3 Å². The fourth-order valence-electron chi connectivity index (χ4n) is 3.25. The Morgan fingerprint density at radius 3 is 2.50 bits per heavy atom. The molecule has 3 aromatic carbocycles. The van der Waals surface area contributed by atoms with Crippen LogP contribution >= 0.6 is 54.5 Å². The van der Waals surface area contributed by atoms with Gasteiger partial charge in [-0.25, -0.2) is 9.79 Å². The van der Waals surface area contributed by atoms with Crippen LogP contribution in [0.15, 0.2) is 74.2 Å². The molecule has 0 saturated heterocycles. The highest BCUT2D eigenvalue weighted by atomic mass is 127.